The standard InChI is InChI=1S/C5H8BO3P/c1-4(7)6(3-10-9)5(2)8/h3H2,1-2H3. The molecule has 0 radical (unpaired) electrons. The van der Waals surface area contributed by atoms with Crippen LogP contribution in [0.15, 0.2) is 0 Å². The second kappa shape index (κ2) is 4.34. The van der Waals surface area contributed by atoms with Gasteiger partial charge >= 0.3 is 6.71 Å². The smallest absolute Gasteiger partial charge is 0.311 e. The van der Waals surface area contributed by atoms with Crippen LogP contribution in [-0.4, -0.2) is 24.1 Å². The van der Waals surface area contributed by atoms with Gasteiger partial charge in [-0.25, -0.2) is 0 Å². The third-order valence-electron chi connectivity index (χ3n) is 1.24. The lowest BCUT2D eigenvalue weighted by molar-refractivity contribution is -0.113. The van der Waals surface area contributed by atoms with Gasteiger partial charge < -0.3 is 9.59 Å². The molecule has 0 N–H and O–H groups in total. The van der Waals surface area contributed by atoms with Crippen LogP contribution < -0.4 is 0 Å². The predicted molar refractivity (Wildman–Crippen MR) is 39.6 cm³/mol. The number of carbonyl (C=O) groups is 2. The van der Waals surface area contributed by atoms with E-state index in [-0.39, 0.29) is 25.9 Å². The molecule has 0 saturated heterocycles. The molecule has 0 rings (SSSR count). The van der Waals surface area contributed by atoms with E-state index in [1.54, 1.807) is 0 Å². The minimum absolute atomic E-state index is 0.116. The molecule has 0 saturated carbocycles. The molecule has 0 spiro atoms. The fraction of sp³-hybridized carbons (Fsp3) is 0.600. The molecule has 0 aliphatic rings. The highest BCUT2D eigenvalue weighted by atomic mass is 31.1. The first-order valence-corrected chi connectivity index (χ1v) is 3.89. The first-order chi connectivity index (χ1) is 4.59. The summed E-state index contributed by atoms with van der Waals surface area (Å²) in [7, 11) is -0.147. The van der Waals surface area contributed by atoms with Crippen molar-refractivity contribution in [3.05, 3.63) is 0 Å². The molecular weight excluding hydrogens is 150 g/mol. The second-order valence-electron chi connectivity index (χ2n) is 2.09. The maximum absolute atomic E-state index is 10.6. The second-order valence-corrected chi connectivity index (χ2v) is 2.71. The van der Waals surface area contributed by atoms with Crippen LogP contribution >= 0.6 is 8.46 Å². The van der Waals surface area contributed by atoms with Gasteiger partial charge in [-0.05, 0) is 13.8 Å². The topological polar surface area (TPSA) is 51.2 Å². The third kappa shape index (κ3) is 2.88. The molecule has 0 aromatic rings. The highest BCUT2D eigenvalue weighted by Crippen LogP contribution is 1.97. The van der Waals surface area contributed by atoms with Crippen molar-refractivity contribution in [2.75, 3.05) is 6.06 Å². The molecular formula is C5H8BO3P. The van der Waals surface area contributed by atoms with Gasteiger partial charge in [-0.15, -0.1) is 0 Å². The Bertz CT molecular complexity index is 154. The molecule has 0 bridgehead atoms. The lowest BCUT2D eigenvalue weighted by Gasteiger charge is -1.97. The summed E-state index contributed by atoms with van der Waals surface area (Å²) in [5.41, 5.74) is -0.424. The Labute approximate surface area is 61.5 Å². The highest BCUT2D eigenvalue weighted by Gasteiger charge is 2.24. The van der Waals surface area contributed by atoms with Crippen molar-refractivity contribution >= 4 is 26.5 Å². The predicted octanol–water partition coefficient (Wildman–Crippen LogP) is 0.569. The quantitative estimate of drug-likeness (QED) is 0.443. The molecule has 0 fully saturated rings. The average molecular weight is 158 g/mol. The molecule has 54 valence electrons. The molecule has 0 amide bonds. The maximum Gasteiger partial charge on any atom is 0.312 e. The van der Waals surface area contributed by atoms with Crippen LogP contribution in [0.25, 0.3) is 0 Å². The minimum atomic E-state index is -0.667. The van der Waals surface area contributed by atoms with E-state index < -0.39 is 6.71 Å². The summed E-state index contributed by atoms with van der Waals surface area (Å²) in [5.74, 6) is 0. The zero-order valence-corrected chi connectivity index (χ0v) is 6.85. The van der Waals surface area contributed by atoms with Gasteiger partial charge in [0.05, 0.1) is 11.4 Å². The molecule has 0 atom stereocenters. The van der Waals surface area contributed by atoms with E-state index in [2.05, 4.69) is 0 Å². The SMILES string of the molecule is CC(=O)B(CP=O)C(C)=O. The van der Waals surface area contributed by atoms with Gasteiger partial charge in [0.25, 0.3) is 0 Å². The van der Waals surface area contributed by atoms with Crippen molar-refractivity contribution in [3.63, 3.8) is 0 Å². The van der Waals surface area contributed by atoms with Gasteiger partial charge in [0.1, 0.15) is 8.46 Å². The highest BCUT2D eigenvalue weighted by molar-refractivity contribution is 7.34. The molecule has 0 aromatic carbocycles. The van der Waals surface area contributed by atoms with Crippen molar-refractivity contribution in [2.24, 2.45) is 0 Å². The van der Waals surface area contributed by atoms with Gasteiger partial charge in [-0.1, -0.05) is 0 Å². The van der Waals surface area contributed by atoms with Crippen LogP contribution in [0, 0.1) is 0 Å². The van der Waals surface area contributed by atoms with Crippen molar-refractivity contribution in [2.45, 2.75) is 13.8 Å². The summed E-state index contributed by atoms with van der Waals surface area (Å²) in [5, 5.41) is 0. The summed E-state index contributed by atoms with van der Waals surface area (Å²) in [6.07, 6.45) is 0. The van der Waals surface area contributed by atoms with E-state index in [0.717, 1.165) is 0 Å². The van der Waals surface area contributed by atoms with E-state index in [4.69, 9.17) is 0 Å². The van der Waals surface area contributed by atoms with Gasteiger partial charge in [-0.2, -0.15) is 0 Å². The molecule has 10 heavy (non-hydrogen) atoms. The molecule has 0 aliphatic carbocycles. The van der Waals surface area contributed by atoms with Gasteiger partial charge in [0, 0.05) is 6.06 Å². The van der Waals surface area contributed by atoms with Crippen molar-refractivity contribution in [1.82, 2.24) is 0 Å². The van der Waals surface area contributed by atoms with Crippen molar-refractivity contribution < 1.29 is 14.2 Å². The van der Waals surface area contributed by atoms with Crippen LogP contribution in [0.4, 0.5) is 0 Å². The van der Waals surface area contributed by atoms with Crippen LogP contribution in [0.2, 0.25) is 0 Å². The van der Waals surface area contributed by atoms with Gasteiger partial charge in [0.15, 0.2) is 0 Å². The maximum atomic E-state index is 10.6. The van der Waals surface area contributed by atoms with E-state index in [1.807, 2.05) is 0 Å². The largest absolute Gasteiger partial charge is 0.312 e. The van der Waals surface area contributed by atoms with Crippen LogP contribution in [0.1, 0.15) is 13.8 Å². The van der Waals surface area contributed by atoms with Gasteiger partial charge in [0.2, 0.25) is 0 Å². The zero-order chi connectivity index (χ0) is 8.15. The Morgan fingerprint density at radius 3 is 1.80 bits per heavy atom. The third-order valence-corrected chi connectivity index (χ3v) is 1.75. The number of hydrogen-bond donors (Lipinski definition) is 0. The molecule has 0 aliphatic heterocycles. The van der Waals surface area contributed by atoms with Crippen LogP contribution in [0.5, 0.6) is 0 Å². The summed E-state index contributed by atoms with van der Waals surface area (Å²) in [6, 6.07) is 0.116. The lowest BCUT2D eigenvalue weighted by Crippen LogP contribution is -2.34. The number of rotatable bonds is 4. The Hall–Kier alpha value is -0.495. The molecule has 0 unspecified atom stereocenters. The summed E-state index contributed by atoms with van der Waals surface area (Å²) in [4.78, 5) is 21.2. The van der Waals surface area contributed by atoms with E-state index in [9.17, 15) is 14.2 Å². The fourth-order valence-electron chi connectivity index (χ4n) is 0.618. The zero-order valence-electron chi connectivity index (χ0n) is 5.96. The Balaban J connectivity index is 4.11. The Kier molecular flexibility index (Phi) is 4.13. The fourth-order valence-corrected chi connectivity index (χ4v) is 1.28. The molecule has 0 heterocycles. The molecule has 3 nitrogen and oxygen atoms in total. The summed E-state index contributed by atoms with van der Waals surface area (Å²) < 4.78 is 10.0. The molecule has 0 aromatic heterocycles. The minimum Gasteiger partial charge on any atom is -0.311 e. The average Bonchev–Trinajstić information content (AvgIpc) is 1.81. The van der Waals surface area contributed by atoms with E-state index in [1.165, 1.54) is 13.8 Å². The lowest BCUT2D eigenvalue weighted by atomic mass is 9.46. The van der Waals surface area contributed by atoms with E-state index in [0.29, 0.717) is 0 Å². The first kappa shape index (κ1) is 9.50. The van der Waals surface area contributed by atoms with Crippen molar-refractivity contribution in [1.29, 1.82) is 0 Å². The Morgan fingerprint density at radius 2 is 1.70 bits per heavy atom. The Morgan fingerprint density at radius 1 is 1.30 bits per heavy atom. The number of hydrogen-bond acceptors (Lipinski definition) is 3. The summed E-state index contributed by atoms with van der Waals surface area (Å²) >= 11 is 0. The number of carbonyl (C=O) groups excluding carboxylic acids is 2. The van der Waals surface area contributed by atoms with Gasteiger partial charge in [-0.3, -0.25) is 4.57 Å². The van der Waals surface area contributed by atoms with Crippen molar-refractivity contribution in [3.8, 4) is 0 Å². The monoisotopic (exact) mass is 158 g/mol. The summed E-state index contributed by atoms with van der Waals surface area (Å²) in [6.45, 7) is 1.99. The molecule has 5 heteroatoms. The first-order valence-electron chi connectivity index (χ1n) is 2.89. The van der Waals surface area contributed by atoms with E-state index >= 15 is 0 Å². The van der Waals surface area contributed by atoms with Crippen LogP contribution in [0.3, 0.4) is 0 Å². The normalized spacial score (nSPS) is 9.40. The van der Waals surface area contributed by atoms with Crippen LogP contribution in [-0.2, 0) is 14.2 Å².